The van der Waals surface area contributed by atoms with Gasteiger partial charge in [-0.15, -0.1) is 0 Å². The average molecular weight is 282 g/mol. The summed E-state index contributed by atoms with van der Waals surface area (Å²) >= 11 is 0. The van der Waals surface area contributed by atoms with Gasteiger partial charge in [-0.25, -0.2) is 9.78 Å². The third-order valence-electron chi connectivity index (χ3n) is 3.03. The number of aryl methyl sites for hydroxylation is 1. The first-order valence-corrected chi connectivity index (χ1v) is 6.79. The highest BCUT2D eigenvalue weighted by atomic mass is 16.4. The second-order valence-electron chi connectivity index (χ2n) is 4.60. The normalized spacial score (nSPS) is 11.9. The summed E-state index contributed by atoms with van der Waals surface area (Å²) < 4.78 is 0. The van der Waals surface area contributed by atoms with E-state index in [1.807, 2.05) is 6.92 Å². The number of aromatic amines is 1. The number of hydrogen-bond donors (Lipinski definition) is 3. The van der Waals surface area contributed by atoms with Crippen LogP contribution in [-0.4, -0.2) is 51.1 Å². The predicted octanol–water partition coefficient (Wildman–Crippen LogP) is 1.24. The van der Waals surface area contributed by atoms with Crippen LogP contribution in [0.3, 0.4) is 0 Å². The number of carbonyl (C=O) groups excluding carboxylic acids is 1. The molecule has 1 aromatic rings. The van der Waals surface area contributed by atoms with Crippen molar-refractivity contribution in [1.82, 2.24) is 20.2 Å². The van der Waals surface area contributed by atoms with Crippen molar-refractivity contribution in [2.24, 2.45) is 0 Å². The first-order chi connectivity index (χ1) is 9.54. The fourth-order valence-electron chi connectivity index (χ4n) is 2.01. The Kier molecular flexibility index (Phi) is 6.55. The molecule has 1 aromatic heterocycles. The summed E-state index contributed by atoms with van der Waals surface area (Å²) in [5, 5.41) is 11.6. The van der Waals surface area contributed by atoms with Crippen molar-refractivity contribution in [2.75, 3.05) is 13.1 Å². The van der Waals surface area contributed by atoms with Crippen LogP contribution in [0.25, 0.3) is 0 Å². The molecule has 7 nitrogen and oxygen atoms in total. The SMILES string of the molecule is CCN(C(=O)NCCCc1ncc[nH]1)C(C)CC(=O)O. The van der Waals surface area contributed by atoms with E-state index in [1.54, 1.807) is 19.3 Å². The minimum Gasteiger partial charge on any atom is -0.481 e. The first kappa shape index (κ1) is 16.0. The van der Waals surface area contributed by atoms with Crippen molar-refractivity contribution in [3.63, 3.8) is 0 Å². The maximum Gasteiger partial charge on any atom is 0.317 e. The number of rotatable bonds is 8. The Balaban J connectivity index is 2.30. The van der Waals surface area contributed by atoms with E-state index >= 15 is 0 Å². The minimum atomic E-state index is -0.901. The molecular weight excluding hydrogens is 260 g/mol. The van der Waals surface area contributed by atoms with Gasteiger partial charge in [0.2, 0.25) is 0 Å². The summed E-state index contributed by atoms with van der Waals surface area (Å²) in [5.74, 6) is -0.00703. The molecule has 3 N–H and O–H groups in total. The van der Waals surface area contributed by atoms with Gasteiger partial charge in [0.1, 0.15) is 5.82 Å². The zero-order valence-corrected chi connectivity index (χ0v) is 11.9. The fraction of sp³-hybridized carbons (Fsp3) is 0.615. The third-order valence-corrected chi connectivity index (χ3v) is 3.03. The van der Waals surface area contributed by atoms with Gasteiger partial charge in [-0.1, -0.05) is 0 Å². The van der Waals surface area contributed by atoms with Gasteiger partial charge in [0, 0.05) is 37.9 Å². The van der Waals surface area contributed by atoms with Crippen LogP contribution in [0.4, 0.5) is 4.79 Å². The summed E-state index contributed by atoms with van der Waals surface area (Å²) in [6.45, 7) is 4.59. The maximum atomic E-state index is 12.0. The van der Waals surface area contributed by atoms with Gasteiger partial charge < -0.3 is 20.3 Å². The lowest BCUT2D eigenvalue weighted by atomic mass is 10.2. The number of nitrogens with one attached hydrogen (secondary N) is 2. The van der Waals surface area contributed by atoms with E-state index < -0.39 is 5.97 Å². The summed E-state index contributed by atoms with van der Waals surface area (Å²) in [5.41, 5.74) is 0. The smallest absolute Gasteiger partial charge is 0.317 e. The molecule has 0 saturated heterocycles. The molecule has 0 aliphatic rings. The molecule has 0 aliphatic heterocycles. The molecule has 0 fully saturated rings. The van der Waals surface area contributed by atoms with Crippen molar-refractivity contribution < 1.29 is 14.7 Å². The minimum absolute atomic E-state index is 0.0480. The quantitative estimate of drug-likeness (QED) is 0.625. The first-order valence-electron chi connectivity index (χ1n) is 6.79. The maximum absolute atomic E-state index is 12.0. The number of carbonyl (C=O) groups is 2. The Hall–Kier alpha value is -2.05. The molecule has 1 atom stereocenters. The van der Waals surface area contributed by atoms with Crippen LogP contribution in [0.5, 0.6) is 0 Å². The van der Waals surface area contributed by atoms with Crippen LogP contribution >= 0.6 is 0 Å². The van der Waals surface area contributed by atoms with Gasteiger partial charge in [-0.05, 0) is 20.3 Å². The predicted molar refractivity (Wildman–Crippen MR) is 74.4 cm³/mol. The number of aliphatic carboxylic acids is 1. The van der Waals surface area contributed by atoms with Crippen LogP contribution in [0.1, 0.15) is 32.5 Å². The second-order valence-corrected chi connectivity index (χ2v) is 4.60. The van der Waals surface area contributed by atoms with Crippen molar-refractivity contribution in [2.45, 2.75) is 39.2 Å². The Morgan fingerprint density at radius 3 is 2.85 bits per heavy atom. The van der Waals surface area contributed by atoms with Crippen molar-refractivity contribution >= 4 is 12.0 Å². The molecule has 0 spiro atoms. The summed E-state index contributed by atoms with van der Waals surface area (Å²) in [7, 11) is 0. The zero-order chi connectivity index (χ0) is 15.0. The van der Waals surface area contributed by atoms with Gasteiger partial charge >= 0.3 is 12.0 Å². The zero-order valence-electron chi connectivity index (χ0n) is 11.9. The monoisotopic (exact) mass is 282 g/mol. The highest BCUT2D eigenvalue weighted by molar-refractivity contribution is 5.75. The van der Waals surface area contributed by atoms with Crippen molar-refractivity contribution in [3.05, 3.63) is 18.2 Å². The van der Waals surface area contributed by atoms with Gasteiger partial charge in [0.15, 0.2) is 0 Å². The van der Waals surface area contributed by atoms with Gasteiger partial charge in [-0.2, -0.15) is 0 Å². The molecule has 112 valence electrons. The molecule has 0 radical (unpaired) electrons. The standard InChI is InChI=1S/C13H22N4O3/c1-3-17(10(2)9-12(18)19)13(20)16-6-4-5-11-14-7-8-15-11/h7-8,10H,3-6,9H2,1-2H3,(H,14,15)(H,16,20)(H,18,19). The number of carboxylic acids is 1. The number of nitrogens with zero attached hydrogens (tertiary/aromatic N) is 2. The van der Waals surface area contributed by atoms with Crippen LogP contribution in [0.15, 0.2) is 12.4 Å². The average Bonchev–Trinajstić information content (AvgIpc) is 2.87. The number of amides is 2. The number of imidazole rings is 1. The van der Waals surface area contributed by atoms with E-state index in [1.165, 1.54) is 4.90 Å². The fourth-order valence-corrected chi connectivity index (χ4v) is 2.01. The van der Waals surface area contributed by atoms with E-state index in [-0.39, 0.29) is 18.5 Å². The summed E-state index contributed by atoms with van der Waals surface area (Å²) in [6, 6.07) is -0.539. The van der Waals surface area contributed by atoms with Crippen LogP contribution in [0, 0.1) is 0 Å². The Labute approximate surface area is 118 Å². The number of aromatic nitrogens is 2. The lowest BCUT2D eigenvalue weighted by Crippen LogP contribution is -2.45. The number of carboxylic acid groups (broad SMARTS) is 1. The summed E-state index contributed by atoms with van der Waals surface area (Å²) in [4.78, 5) is 31.3. The Bertz CT molecular complexity index is 419. The molecule has 0 aromatic carbocycles. The number of hydrogen-bond acceptors (Lipinski definition) is 3. The molecule has 0 bridgehead atoms. The van der Waals surface area contributed by atoms with Gasteiger partial charge in [0.25, 0.3) is 0 Å². The molecular formula is C13H22N4O3. The number of H-pyrrole nitrogens is 1. The molecule has 1 heterocycles. The lowest BCUT2D eigenvalue weighted by molar-refractivity contribution is -0.138. The topological polar surface area (TPSA) is 98.3 Å². The molecule has 7 heteroatoms. The molecule has 2 amide bonds. The van der Waals surface area contributed by atoms with E-state index in [4.69, 9.17) is 5.11 Å². The largest absolute Gasteiger partial charge is 0.481 e. The van der Waals surface area contributed by atoms with Gasteiger partial charge in [-0.3, -0.25) is 4.79 Å². The lowest BCUT2D eigenvalue weighted by Gasteiger charge is -2.27. The highest BCUT2D eigenvalue weighted by Gasteiger charge is 2.20. The Morgan fingerprint density at radius 2 is 2.30 bits per heavy atom. The van der Waals surface area contributed by atoms with E-state index in [0.29, 0.717) is 13.1 Å². The Morgan fingerprint density at radius 1 is 1.55 bits per heavy atom. The molecule has 0 saturated carbocycles. The van der Waals surface area contributed by atoms with Gasteiger partial charge in [0.05, 0.1) is 6.42 Å². The van der Waals surface area contributed by atoms with E-state index in [2.05, 4.69) is 15.3 Å². The molecule has 1 unspecified atom stereocenters. The highest BCUT2D eigenvalue weighted by Crippen LogP contribution is 2.04. The van der Waals surface area contributed by atoms with Crippen LogP contribution in [-0.2, 0) is 11.2 Å². The van der Waals surface area contributed by atoms with E-state index in [0.717, 1.165) is 18.7 Å². The molecule has 0 aliphatic carbocycles. The summed E-state index contributed by atoms with van der Waals surface area (Å²) in [6.07, 6.45) is 4.96. The molecule has 20 heavy (non-hydrogen) atoms. The molecule has 1 rings (SSSR count). The second kappa shape index (κ2) is 8.19. The van der Waals surface area contributed by atoms with Crippen molar-refractivity contribution in [3.8, 4) is 0 Å². The van der Waals surface area contributed by atoms with E-state index in [9.17, 15) is 9.59 Å². The van der Waals surface area contributed by atoms with Crippen molar-refractivity contribution in [1.29, 1.82) is 0 Å². The number of urea groups is 1. The third kappa shape index (κ3) is 5.29. The van der Waals surface area contributed by atoms with Crippen LogP contribution < -0.4 is 5.32 Å². The van der Waals surface area contributed by atoms with Crippen LogP contribution in [0.2, 0.25) is 0 Å².